The van der Waals surface area contributed by atoms with Gasteiger partial charge < -0.3 is 16.0 Å². The molecule has 3 aromatic carbocycles. The van der Waals surface area contributed by atoms with Crippen molar-refractivity contribution in [1.29, 1.82) is 0 Å². The number of amides is 1. The maximum Gasteiger partial charge on any atom is 0.228 e. The number of carbonyl (C=O) groups is 2. The van der Waals surface area contributed by atoms with Gasteiger partial charge in [-0.2, -0.15) is 5.21 Å². The number of benzene rings is 3. The average Bonchev–Trinajstić information content (AvgIpc) is 3.70. The Morgan fingerprint density at radius 1 is 0.920 bits per heavy atom. The monoisotopic (exact) mass is 671 g/mol. The smallest absolute Gasteiger partial charge is 0.228 e. The quantitative estimate of drug-likeness (QED) is 0.135. The fraction of sp³-hybridized carbons (Fsp3) is 0.359. The molecule has 1 saturated carbocycles. The third kappa shape index (κ3) is 8.83. The van der Waals surface area contributed by atoms with Crippen LogP contribution in [0.5, 0.6) is 0 Å². The highest BCUT2D eigenvalue weighted by Crippen LogP contribution is 2.32. The molecule has 1 atom stereocenters. The summed E-state index contributed by atoms with van der Waals surface area (Å²) in [5, 5.41) is 17.2. The molecule has 0 aliphatic heterocycles. The number of hydrogen-bond donors (Lipinski definition) is 3. The summed E-state index contributed by atoms with van der Waals surface area (Å²) in [6.07, 6.45) is 7.67. The van der Waals surface area contributed by atoms with Crippen LogP contribution in [0.15, 0.2) is 85.1 Å². The van der Waals surface area contributed by atoms with Gasteiger partial charge in [0.05, 0.1) is 5.69 Å². The molecule has 50 heavy (non-hydrogen) atoms. The minimum Gasteiger partial charge on any atom is -0.347 e. The first-order valence-corrected chi connectivity index (χ1v) is 17.4. The number of rotatable bonds is 14. The molecule has 258 valence electrons. The second kappa shape index (κ2) is 16.4. The van der Waals surface area contributed by atoms with E-state index in [0.29, 0.717) is 36.3 Å². The molecule has 0 unspecified atom stereocenters. The van der Waals surface area contributed by atoms with E-state index in [0.717, 1.165) is 66.5 Å². The third-order valence-corrected chi connectivity index (χ3v) is 9.68. The van der Waals surface area contributed by atoms with Gasteiger partial charge in [0.2, 0.25) is 17.7 Å². The number of anilines is 2. The van der Waals surface area contributed by atoms with Crippen LogP contribution in [0, 0.1) is 17.8 Å². The summed E-state index contributed by atoms with van der Waals surface area (Å²) >= 11 is 0. The average molecular weight is 672 g/mol. The first-order chi connectivity index (χ1) is 24.4. The molecular formula is C39H45N9O2. The van der Waals surface area contributed by atoms with E-state index in [-0.39, 0.29) is 24.0 Å². The lowest BCUT2D eigenvalue weighted by molar-refractivity contribution is -0.129. The molecule has 4 N–H and O–H groups in total. The van der Waals surface area contributed by atoms with Gasteiger partial charge >= 0.3 is 0 Å². The first-order valence-electron chi connectivity index (χ1n) is 17.4. The van der Waals surface area contributed by atoms with Crippen LogP contribution in [-0.4, -0.2) is 62.9 Å². The molecule has 5 aromatic rings. The number of aromatic nitrogens is 6. The molecule has 0 spiro atoms. The topological polar surface area (TPSA) is 156 Å². The van der Waals surface area contributed by atoms with Crippen LogP contribution >= 0.6 is 0 Å². The number of Topliss-reactive ketones (excluding diaryl/α,β-unsaturated/α-hetero) is 1. The van der Waals surface area contributed by atoms with Gasteiger partial charge in [0, 0.05) is 55.4 Å². The predicted molar refractivity (Wildman–Crippen MR) is 195 cm³/mol. The number of nitrogens with one attached hydrogen (secondary N) is 2. The number of carbonyl (C=O) groups excluding carboxylic acids is 2. The van der Waals surface area contributed by atoms with Crippen LogP contribution < -0.4 is 16.0 Å². The van der Waals surface area contributed by atoms with Gasteiger partial charge in [0.15, 0.2) is 0 Å². The van der Waals surface area contributed by atoms with Gasteiger partial charge in [-0.3, -0.25) is 9.59 Å². The summed E-state index contributed by atoms with van der Waals surface area (Å²) in [5.41, 5.74) is 12.5. The Bertz CT molecular complexity index is 1850. The largest absolute Gasteiger partial charge is 0.347 e. The van der Waals surface area contributed by atoms with Crippen molar-refractivity contribution < 1.29 is 9.59 Å². The van der Waals surface area contributed by atoms with Crippen molar-refractivity contribution in [3.8, 4) is 22.5 Å². The molecule has 1 amide bonds. The Balaban J connectivity index is 1.23. The van der Waals surface area contributed by atoms with E-state index in [1.165, 1.54) is 5.56 Å². The van der Waals surface area contributed by atoms with Gasteiger partial charge in [-0.1, -0.05) is 54.6 Å². The van der Waals surface area contributed by atoms with Crippen molar-refractivity contribution in [3.05, 3.63) is 102 Å². The van der Waals surface area contributed by atoms with Gasteiger partial charge in [0.25, 0.3) is 0 Å². The molecule has 0 radical (unpaired) electrons. The molecule has 0 bridgehead atoms. The molecule has 1 aliphatic carbocycles. The summed E-state index contributed by atoms with van der Waals surface area (Å²) in [7, 11) is 3.88. The zero-order chi connectivity index (χ0) is 34.9. The lowest BCUT2D eigenvalue weighted by atomic mass is 9.77. The number of H-pyrrole nitrogens is 1. The lowest BCUT2D eigenvalue weighted by Gasteiger charge is -2.27. The first kappa shape index (κ1) is 34.6. The van der Waals surface area contributed by atoms with Crippen molar-refractivity contribution in [2.45, 2.75) is 51.4 Å². The Labute approximate surface area is 293 Å². The number of tetrazole rings is 1. The number of ketones is 1. The van der Waals surface area contributed by atoms with Crippen LogP contribution in [0.1, 0.15) is 48.9 Å². The Morgan fingerprint density at radius 2 is 1.68 bits per heavy atom. The van der Waals surface area contributed by atoms with Crippen LogP contribution in [0.2, 0.25) is 0 Å². The highest BCUT2D eigenvalue weighted by Gasteiger charge is 2.30. The molecule has 1 aliphatic rings. The fourth-order valence-electron chi connectivity index (χ4n) is 6.73. The Kier molecular flexibility index (Phi) is 11.3. The van der Waals surface area contributed by atoms with Gasteiger partial charge in [-0.15, -0.1) is 10.2 Å². The van der Waals surface area contributed by atoms with Crippen molar-refractivity contribution in [2.24, 2.45) is 23.5 Å². The van der Waals surface area contributed by atoms with Gasteiger partial charge in [-0.25, -0.2) is 9.97 Å². The second-order valence-electron chi connectivity index (χ2n) is 13.4. The number of nitrogens with zero attached hydrogens (tertiary/aromatic N) is 6. The number of aromatic amines is 1. The van der Waals surface area contributed by atoms with E-state index >= 15 is 0 Å². The van der Waals surface area contributed by atoms with Crippen molar-refractivity contribution >= 4 is 23.3 Å². The minimum absolute atomic E-state index is 0.0341. The molecule has 2 aromatic heterocycles. The summed E-state index contributed by atoms with van der Waals surface area (Å²) in [5.74, 6) is 0.994. The van der Waals surface area contributed by atoms with Gasteiger partial charge in [-0.05, 0) is 104 Å². The van der Waals surface area contributed by atoms with E-state index in [1.54, 1.807) is 0 Å². The number of nitrogens with two attached hydrogens (primary N) is 1. The van der Waals surface area contributed by atoms with Gasteiger partial charge in [0.1, 0.15) is 5.78 Å². The van der Waals surface area contributed by atoms with Crippen LogP contribution in [0.3, 0.4) is 0 Å². The summed E-state index contributed by atoms with van der Waals surface area (Å²) in [6.45, 7) is 0.657. The molecule has 6 rings (SSSR count). The van der Waals surface area contributed by atoms with E-state index in [2.05, 4.69) is 67.3 Å². The van der Waals surface area contributed by atoms with Crippen LogP contribution in [0.25, 0.3) is 22.5 Å². The van der Waals surface area contributed by atoms with Crippen LogP contribution in [0.4, 0.5) is 11.6 Å². The van der Waals surface area contributed by atoms with E-state index in [1.807, 2.05) is 67.7 Å². The maximum absolute atomic E-state index is 13.9. The van der Waals surface area contributed by atoms with E-state index in [4.69, 9.17) is 10.7 Å². The highest BCUT2D eigenvalue weighted by molar-refractivity contribution is 5.96. The third-order valence-electron chi connectivity index (χ3n) is 9.68. The molecular weight excluding hydrogens is 626 g/mol. The fourth-order valence-corrected chi connectivity index (χ4v) is 6.73. The standard InChI is InChI=1S/C39H45N9O2/c1-48(2)39-41-25-34(35(43-39)20-13-26-7-4-3-5-8-26)31-10-6-9-28(21-31)22-32(23-36(49)29-14-11-27(24-40)12-15-29)38(50)42-33-18-16-30(17-19-33)37-44-46-47-45-37/h3-10,16-19,21,25,27,29,32H,11-15,20,22-24,40H2,1-2H3,(H,42,50)(H,44,45,46,47)/t27?,29?,32-/m1/s1. The molecule has 11 nitrogen and oxygen atoms in total. The minimum atomic E-state index is -0.549. The number of hydrogen-bond acceptors (Lipinski definition) is 9. The van der Waals surface area contributed by atoms with Crippen molar-refractivity contribution in [2.75, 3.05) is 30.9 Å². The molecule has 2 heterocycles. The Morgan fingerprint density at radius 3 is 2.38 bits per heavy atom. The zero-order valence-corrected chi connectivity index (χ0v) is 28.8. The lowest BCUT2D eigenvalue weighted by Crippen LogP contribution is -2.31. The van der Waals surface area contributed by atoms with Crippen LogP contribution in [-0.2, 0) is 28.9 Å². The zero-order valence-electron chi connectivity index (χ0n) is 28.8. The normalized spacial score (nSPS) is 16.5. The predicted octanol–water partition coefficient (Wildman–Crippen LogP) is 5.70. The number of aryl methyl sites for hydroxylation is 2. The summed E-state index contributed by atoms with van der Waals surface area (Å²) < 4.78 is 0. The summed E-state index contributed by atoms with van der Waals surface area (Å²) in [4.78, 5) is 39.1. The second-order valence-corrected chi connectivity index (χ2v) is 13.4. The highest BCUT2D eigenvalue weighted by atomic mass is 16.2. The van der Waals surface area contributed by atoms with Crippen molar-refractivity contribution in [1.82, 2.24) is 30.6 Å². The van der Waals surface area contributed by atoms with Crippen molar-refractivity contribution in [3.63, 3.8) is 0 Å². The summed E-state index contributed by atoms with van der Waals surface area (Å²) in [6, 6.07) is 25.9. The molecule has 1 fully saturated rings. The molecule has 11 heteroatoms. The maximum atomic E-state index is 13.9. The van der Waals surface area contributed by atoms with E-state index < -0.39 is 5.92 Å². The van der Waals surface area contributed by atoms with E-state index in [9.17, 15) is 9.59 Å². The Hall–Kier alpha value is -5.29. The SMILES string of the molecule is CN(C)c1ncc(-c2cccc(C[C@H](CC(=O)C3CCC(CN)CC3)C(=O)Nc3ccc(-c4nn[nH]n4)cc3)c2)c(CCc2ccccc2)n1. The molecule has 0 saturated heterocycles.